The number of hydrazone groups is 2. The number of aryl methyl sites for hydroxylation is 1. The van der Waals surface area contributed by atoms with E-state index in [1.165, 1.54) is 0 Å². The highest BCUT2D eigenvalue weighted by molar-refractivity contribution is 6.09. The van der Waals surface area contributed by atoms with Crippen molar-refractivity contribution < 1.29 is 9.59 Å². The SMILES string of the molecule is CC1=NNC(=O)C1CC(=O)NN=Cc1ccc(C)cc1. The van der Waals surface area contributed by atoms with E-state index in [0.29, 0.717) is 5.71 Å². The van der Waals surface area contributed by atoms with Crippen molar-refractivity contribution in [3.8, 4) is 0 Å². The molecule has 0 radical (unpaired) electrons. The van der Waals surface area contributed by atoms with Crippen LogP contribution in [0.25, 0.3) is 0 Å². The fraction of sp³-hybridized carbons (Fsp3) is 0.286. The Bertz CT molecular complexity index is 575. The van der Waals surface area contributed by atoms with Gasteiger partial charge in [-0.15, -0.1) is 0 Å². The van der Waals surface area contributed by atoms with E-state index in [1.807, 2.05) is 31.2 Å². The zero-order chi connectivity index (χ0) is 14.5. The highest BCUT2D eigenvalue weighted by atomic mass is 16.2. The van der Waals surface area contributed by atoms with Gasteiger partial charge in [0.05, 0.1) is 12.1 Å². The molecule has 6 nitrogen and oxygen atoms in total. The second kappa shape index (κ2) is 6.10. The maximum absolute atomic E-state index is 11.7. The second-order valence-corrected chi connectivity index (χ2v) is 4.69. The molecule has 104 valence electrons. The average Bonchev–Trinajstić information content (AvgIpc) is 2.73. The lowest BCUT2D eigenvalue weighted by molar-refractivity contribution is -0.127. The van der Waals surface area contributed by atoms with Crippen LogP contribution in [0.1, 0.15) is 24.5 Å². The van der Waals surface area contributed by atoms with E-state index in [-0.39, 0.29) is 18.2 Å². The van der Waals surface area contributed by atoms with Gasteiger partial charge in [-0.05, 0) is 19.4 Å². The van der Waals surface area contributed by atoms with Gasteiger partial charge in [0, 0.05) is 12.1 Å². The maximum Gasteiger partial charge on any atom is 0.249 e. The monoisotopic (exact) mass is 272 g/mol. The molecule has 0 saturated carbocycles. The minimum Gasteiger partial charge on any atom is -0.273 e. The smallest absolute Gasteiger partial charge is 0.249 e. The lowest BCUT2D eigenvalue weighted by Crippen LogP contribution is -2.29. The highest BCUT2D eigenvalue weighted by Crippen LogP contribution is 2.11. The molecule has 1 aliphatic rings. The Balaban J connectivity index is 1.85. The van der Waals surface area contributed by atoms with Crippen LogP contribution in [0.4, 0.5) is 0 Å². The third-order valence-electron chi connectivity index (χ3n) is 3.03. The molecule has 1 aromatic carbocycles. The first-order valence-corrected chi connectivity index (χ1v) is 6.29. The number of hydrogen-bond donors (Lipinski definition) is 2. The van der Waals surface area contributed by atoms with Crippen LogP contribution in [0.15, 0.2) is 34.5 Å². The topological polar surface area (TPSA) is 82.9 Å². The Morgan fingerprint density at radius 1 is 1.40 bits per heavy atom. The summed E-state index contributed by atoms with van der Waals surface area (Å²) in [6.07, 6.45) is 1.61. The van der Waals surface area contributed by atoms with Crippen LogP contribution in [0.3, 0.4) is 0 Å². The quantitative estimate of drug-likeness (QED) is 0.632. The summed E-state index contributed by atoms with van der Waals surface area (Å²) in [6.45, 7) is 3.71. The molecule has 1 aromatic rings. The molecule has 6 heteroatoms. The predicted molar refractivity (Wildman–Crippen MR) is 76.3 cm³/mol. The van der Waals surface area contributed by atoms with Gasteiger partial charge >= 0.3 is 0 Å². The summed E-state index contributed by atoms with van der Waals surface area (Å²) in [5, 5.41) is 7.65. The zero-order valence-electron chi connectivity index (χ0n) is 11.4. The van der Waals surface area contributed by atoms with Gasteiger partial charge in [-0.2, -0.15) is 10.2 Å². The summed E-state index contributed by atoms with van der Waals surface area (Å²) in [5.41, 5.74) is 7.43. The minimum atomic E-state index is -0.496. The molecule has 0 spiro atoms. The van der Waals surface area contributed by atoms with E-state index in [9.17, 15) is 9.59 Å². The number of hydrogen-bond acceptors (Lipinski definition) is 4. The van der Waals surface area contributed by atoms with Gasteiger partial charge in [0.1, 0.15) is 0 Å². The third kappa shape index (κ3) is 3.50. The molecule has 1 aliphatic heterocycles. The van der Waals surface area contributed by atoms with Gasteiger partial charge in [-0.1, -0.05) is 29.8 Å². The zero-order valence-corrected chi connectivity index (χ0v) is 11.4. The number of benzene rings is 1. The van der Waals surface area contributed by atoms with Gasteiger partial charge in [-0.3, -0.25) is 9.59 Å². The number of nitrogens with zero attached hydrogens (tertiary/aromatic N) is 2. The Morgan fingerprint density at radius 3 is 2.70 bits per heavy atom. The lowest BCUT2D eigenvalue weighted by Gasteiger charge is -2.05. The number of carbonyl (C=O) groups excluding carboxylic acids is 2. The first-order valence-electron chi connectivity index (χ1n) is 6.29. The molecule has 0 aliphatic carbocycles. The Morgan fingerprint density at radius 2 is 2.10 bits per heavy atom. The number of amides is 2. The summed E-state index contributed by atoms with van der Waals surface area (Å²) < 4.78 is 0. The molecule has 2 rings (SSSR count). The van der Waals surface area contributed by atoms with Gasteiger partial charge in [0.25, 0.3) is 0 Å². The van der Waals surface area contributed by atoms with Crippen LogP contribution in [-0.2, 0) is 9.59 Å². The van der Waals surface area contributed by atoms with Crippen LogP contribution >= 0.6 is 0 Å². The fourth-order valence-electron chi connectivity index (χ4n) is 1.79. The summed E-state index contributed by atoms with van der Waals surface area (Å²) >= 11 is 0. The minimum absolute atomic E-state index is 0.0480. The Kier molecular flexibility index (Phi) is 4.24. The molecule has 20 heavy (non-hydrogen) atoms. The van der Waals surface area contributed by atoms with Crippen molar-refractivity contribution >= 4 is 23.7 Å². The molecule has 1 atom stereocenters. The van der Waals surface area contributed by atoms with Crippen molar-refractivity contribution in [3.63, 3.8) is 0 Å². The van der Waals surface area contributed by atoms with Crippen LogP contribution < -0.4 is 10.9 Å². The van der Waals surface area contributed by atoms with Gasteiger partial charge in [-0.25, -0.2) is 10.9 Å². The predicted octanol–water partition coefficient (Wildman–Crippen LogP) is 0.957. The van der Waals surface area contributed by atoms with E-state index >= 15 is 0 Å². The van der Waals surface area contributed by atoms with Gasteiger partial charge < -0.3 is 0 Å². The normalized spacial score (nSPS) is 18.0. The van der Waals surface area contributed by atoms with Crippen molar-refractivity contribution in [3.05, 3.63) is 35.4 Å². The van der Waals surface area contributed by atoms with Crippen molar-refractivity contribution in [2.24, 2.45) is 16.1 Å². The maximum atomic E-state index is 11.7. The van der Waals surface area contributed by atoms with Crippen LogP contribution in [0, 0.1) is 12.8 Å². The summed E-state index contributed by atoms with van der Waals surface area (Å²) in [5.74, 6) is -1.06. The first-order chi connectivity index (χ1) is 9.56. The van der Waals surface area contributed by atoms with Crippen LogP contribution in [0.5, 0.6) is 0 Å². The molecule has 0 bridgehead atoms. The summed E-state index contributed by atoms with van der Waals surface area (Å²) in [4.78, 5) is 23.1. The first kappa shape index (κ1) is 13.9. The molecule has 2 amide bonds. The van der Waals surface area contributed by atoms with E-state index < -0.39 is 5.92 Å². The van der Waals surface area contributed by atoms with Gasteiger partial charge in [0.15, 0.2) is 0 Å². The second-order valence-electron chi connectivity index (χ2n) is 4.69. The van der Waals surface area contributed by atoms with Crippen molar-refractivity contribution in [1.82, 2.24) is 10.9 Å². The Hall–Kier alpha value is -2.50. The number of nitrogens with one attached hydrogen (secondary N) is 2. The Labute approximate surface area is 116 Å². The van der Waals surface area contributed by atoms with Crippen molar-refractivity contribution in [1.29, 1.82) is 0 Å². The van der Waals surface area contributed by atoms with E-state index in [4.69, 9.17) is 0 Å². The van der Waals surface area contributed by atoms with Crippen molar-refractivity contribution in [2.45, 2.75) is 20.3 Å². The molecule has 0 saturated heterocycles. The average molecular weight is 272 g/mol. The van der Waals surface area contributed by atoms with Crippen LogP contribution in [0.2, 0.25) is 0 Å². The number of rotatable bonds is 4. The largest absolute Gasteiger partial charge is 0.273 e. The lowest BCUT2D eigenvalue weighted by atomic mass is 10.0. The van der Waals surface area contributed by atoms with Gasteiger partial charge in [0.2, 0.25) is 11.8 Å². The van der Waals surface area contributed by atoms with E-state index in [1.54, 1.807) is 13.1 Å². The molecule has 0 fully saturated rings. The number of carbonyl (C=O) groups is 2. The van der Waals surface area contributed by atoms with E-state index in [2.05, 4.69) is 21.1 Å². The standard InChI is InChI=1S/C14H16N4O2/c1-9-3-5-11(6-4-9)8-15-17-13(19)7-12-10(2)16-18-14(12)20/h3-6,8,12H,7H2,1-2H3,(H,17,19)(H,18,20). The third-order valence-corrected chi connectivity index (χ3v) is 3.03. The molecular formula is C14H16N4O2. The summed E-state index contributed by atoms with van der Waals surface area (Å²) in [7, 11) is 0. The van der Waals surface area contributed by atoms with E-state index in [0.717, 1.165) is 11.1 Å². The molecule has 2 N–H and O–H groups in total. The molecule has 0 aromatic heterocycles. The van der Waals surface area contributed by atoms with Crippen molar-refractivity contribution in [2.75, 3.05) is 0 Å². The molecule has 1 unspecified atom stereocenters. The fourth-order valence-corrected chi connectivity index (χ4v) is 1.79. The summed E-state index contributed by atoms with van der Waals surface area (Å²) in [6, 6.07) is 7.75. The highest BCUT2D eigenvalue weighted by Gasteiger charge is 2.28. The molecular weight excluding hydrogens is 256 g/mol. The molecule has 1 heterocycles. The van der Waals surface area contributed by atoms with Crippen LogP contribution in [-0.4, -0.2) is 23.7 Å².